The molecule has 0 amide bonds. The number of rotatable bonds is 3. The van der Waals surface area contributed by atoms with E-state index in [1.54, 1.807) is 5.71 Å². The minimum Gasteiger partial charge on any atom is -0.278 e. The van der Waals surface area contributed by atoms with Gasteiger partial charge in [0.25, 0.3) is 0 Å². The van der Waals surface area contributed by atoms with E-state index in [9.17, 15) is 0 Å². The Balaban J connectivity index is 1.83. The van der Waals surface area contributed by atoms with E-state index in [1.165, 1.54) is 64.3 Å². The highest BCUT2D eigenvalue weighted by Gasteiger charge is 2.41. The van der Waals surface area contributed by atoms with Crippen molar-refractivity contribution in [3.8, 4) is 0 Å². The number of unbranched alkanes of at least 4 members (excludes halogenated alkanes) is 1. The summed E-state index contributed by atoms with van der Waals surface area (Å²) >= 11 is 0. The molecule has 3 aliphatic rings. The van der Waals surface area contributed by atoms with Gasteiger partial charge in [-0.05, 0) is 44.9 Å². The summed E-state index contributed by atoms with van der Waals surface area (Å²) in [6, 6.07) is 0.851. The van der Waals surface area contributed by atoms with Crippen LogP contribution >= 0.6 is 0 Å². The van der Waals surface area contributed by atoms with Crippen molar-refractivity contribution in [3.05, 3.63) is 0 Å². The Labute approximate surface area is 105 Å². The van der Waals surface area contributed by atoms with Crippen LogP contribution in [-0.2, 0) is 0 Å². The molecule has 0 aromatic carbocycles. The van der Waals surface area contributed by atoms with Crippen LogP contribution in [0.3, 0.4) is 0 Å². The van der Waals surface area contributed by atoms with Crippen molar-refractivity contribution in [1.29, 1.82) is 0 Å². The van der Waals surface area contributed by atoms with Crippen LogP contribution in [0.5, 0.6) is 0 Å². The molecule has 3 rings (SSSR count). The summed E-state index contributed by atoms with van der Waals surface area (Å²) in [6.45, 7) is 3.59. The summed E-state index contributed by atoms with van der Waals surface area (Å²) in [4.78, 5) is 7.87. The van der Waals surface area contributed by atoms with Crippen molar-refractivity contribution in [3.63, 3.8) is 0 Å². The maximum absolute atomic E-state index is 5.10. The summed E-state index contributed by atoms with van der Waals surface area (Å²) in [5.74, 6) is 0.834. The molecule has 2 fully saturated rings. The number of hydrogen-bond donors (Lipinski definition) is 0. The number of aliphatic imine (C=N–C) groups is 1. The van der Waals surface area contributed by atoms with Gasteiger partial charge in [0.2, 0.25) is 0 Å². The number of nitrogens with zero attached hydrogens (tertiary/aromatic N) is 2. The van der Waals surface area contributed by atoms with Crippen LogP contribution in [0.15, 0.2) is 4.99 Å². The summed E-state index contributed by atoms with van der Waals surface area (Å²) in [5, 5.41) is 0. The Morgan fingerprint density at radius 2 is 2.06 bits per heavy atom. The molecule has 2 heterocycles. The van der Waals surface area contributed by atoms with Crippen molar-refractivity contribution in [1.82, 2.24) is 4.90 Å². The third kappa shape index (κ3) is 2.16. The highest BCUT2D eigenvalue weighted by Crippen LogP contribution is 2.39. The van der Waals surface area contributed by atoms with Crippen LogP contribution in [0.4, 0.5) is 0 Å². The van der Waals surface area contributed by atoms with Crippen molar-refractivity contribution in [2.24, 2.45) is 10.9 Å². The third-order valence-electron chi connectivity index (χ3n) is 4.95. The quantitative estimate of drug-likeness (QED) is 0.728. The first-order chi connectivity index (χ1) is 8.40. The minimum absolute atomic E-state index is 0.554. The molecule has 3 atom stereocenters. The molecule has 2 heteroatoms. The second kappa shape index (κ2) is 5.09. The molecule has 0 aromatic heterocycles. The molecule has 2 nitrogen and oxygen atoms in total. The predicted octanol–water partition coefficient (Wildman–Crippen LogP) is 3.61. The van der Waals surface area contributed by atoms with Crippen LogP contribution in [0, 0.1) is 5.92 Å². The van der Waals surface area contributed by atoms with Gasteiger partial charge in [0.15, 0.2) is 0 Å². The van der Waals surface area contributed by atoms with Gasteiger partial charge in [-0.2, -0.15) is 0 Å². The topological polar surface area (TPSA) is 15.6 Å². The largest absolute Gasteiger partial charge is 0.278 e. The molecular formula is C15H26N2. The van der Waals surface area contributed by atoms with Gasteiger partial charge in [-0.25, -0.2) is 0 Å². The average Bonchev–Trinajstić information content (AvgIpc) is 2.73. The molecule has 96 valence electrons. The highest BCUT2D eigenvalue weighted by atomic mass is 15.3. The van der Waals surface area contributed by atoms with E-state index >= 15 is 0 Å². The first-order valence-electron chi connectivity index (χ1n) is 7.72. The van der Waals surface area contributed by atoms with Gasteiger partial charge in [0.05, 0.1) is 0 Å². The summed E-state index contributed by atoms with van der Waals surface area (Å²) in [5.41, 5.74) is 1.59. The van der Waals surface area contributed by atoms with Crippen LogP contribution in [-0.4, -0.2) is 29.4 Å². The third-order valence-corrected chi connectivity index (χ3v) is 4.95. The molecule has 0 spiro atoms. The van der Waals surface area contributed by atoms with E-state index < -0.39 is 0 Å². The van der Waals surface area contributed by atoms with Gasteiger partial charge in [-0.15, -0.1) is 0 Å². The van der Waals surface area contributed by atoms with Crippen molar-refractivity contribution >= 4 is 5.71 Å². The lowest BCUT2D eigenvalue weighted by molar-refractivity contribution is 0.101. The maximum atomic E-state index is 5.10. The molecular weight excluding hydrogens is 208 g/mol. The van der Waals surface area contributed by atoms with Crippen molar-refractivity contribution < 1.29 is 0 Å². The fourth-order valence-electron chi connectivity index (χ4n) is 4.08. The lowest BCUT2D eigenvalue weighted by atomic mass is 9.90. The molecule has 1 saturated carbocycles. The molecule has 0 aromatic rings. The van der Waals surface area contributed by atoms with Crippen LogP contribution in [0.1, 0.15) is 64.7 Å². The van der Waals surface area contributed by atoms with E-state index in [-0.39, 0.29) is 0 Å². The van der Waals surface area contributed by atoms with Gasteiger partial charge < -0.3 is 0 Å². The maximum Gasteiger partial charge on any atom is 0.102 e. The van der Waals surface area contributed by atoms with E-state index in [1.807, 2.05) is 0 Å². The molecule has 1 aliphatic carbocycles. The van der Waals surface area contributed by atoms with Crippen LogP contribution in [0.2, 0.25) is 0 Å². The van der Waals surface area contributed by atoms with Crippen LogP contribution in [0.25, 0.3) is 0 Å². The zero-order valence-corrected chi connectivity index (χ0v) is 11.2. The van der Waals surface area contributed by atoms with Gasteiger partial charge in [0, 0.05) is 24.2 Å². The van der Waals surface area contributed by atoms with Gasteiger partial charge in [0.1, 0.15) is 6.17 Å². The second-order valence-corrected chi connectivity index (χ2v) is 6.04. The summed E-state index contributed by atoms with van der Waals surface area (Å²) in [6.07, 6.45) is 12.9. The second-order valence-electron chi connectivity index (χ2n) is 6.04. The normalized spacial score (nSPS) is 37.5. The fourth-order valence-corrected chi connectivity index (χ4v) is 4.08. The first kappa shape index (κ1) is 11.7. The zero-order valence-electron chi connectivity index (χ0n) is 11.2. The molecule has 2 aliphatic heterocycles. The molecule has 0 N–H and O–H groups in total. The van der Waals surface area contributed by atoms with E-state index in [0.717, 1.165) is 12.0 Å². The summed E-state index contributed by atoms with van der Waals surface area (Å²) in [7, 11) is 0. The Hall–Kier alpha value is -0.370. The van der Waals surface area contributed by atoms with Crippen LogP contribution < -0.4 is 0 Å². The molecule has 3 unspecified atom stereocenters. The van der Waals surface area contributed by atoms with Crippen molar-refractivity contribution in [2.75, 3.05) is 6.54 Å². The molecule has 0 radical (unpaired) electrons. The Morgan fingerprint density at radius 1 is 1.18 bits per heavy atom. The minimum atomic E-state index is 0.554. The molecule has 17 heavy (non-hydrogen) atoms. The van der Waals surface area contributed by atoms with E-state index in [0.29, 0.717) is 6.17 Å². The molecule has 1 saturated heterocycles. The highest BCUT2D eigenvalue weighted by molar-refractivity contribution is 5.89. The smallest absolute Gasteiger partial charge is 0.102 e. The summed E-state index contributed by atoms with van der Waals surface area (Å²) < 4.78 is 0. The Kier molecular flexibility index (Phi) is 3.51. The average molecular weight is 234 g/mol. The Morgan fingerprint density at radius 3 is 2.94 bits per heavy atom. The monoisotopic (exact) mass is 234 g/mol. The van der Waals surface area contributed by atoms with E-state index in [2.05, 4.69) is 11.8 Å². The van der Waals surface area contributed by atoms with Gasteiger partial charge >= 0.3 is 0 Å². The number of hydrogen-bond acceptors (Lipinski definition) is 2. The van der Waals surface area contributed by atoms with Crippen molar-refractivity contribution in [2.45, 2.75) is 76.9 Å². The lowest BCUT2D eigenvalue weighted by Gasteiger charge is -2.42. The van der Waals surface area contributed by atoms with Gasteiger partial charge in [-0.1, -0.05) is 19.8 Å². The van der Waals surface area contributed by atoms with E-state index in [4.69, 9.17) is 4.99 Å². The zero-order chi connectivity index (χ0) is 11.7. The Bertz CT molecular complexity index is 297. The molecule has 2 bridgehead atoms. The lowest BCUT2D eigenvalue weighted by Crippen LogP contribution is -2.50. The standard InChI is InChI=1S/C15H26N2/c1-2-3-11-17-14-9-4-5-10-15(17)16-13-8-6-7-12(13)14/h12,14-15H,2-11H2,1H3. The fraction of sp³-hybridized carbons (Fsp3) is 0.933. The SMILES string of the molecule is CCCCN1C2CCCCC1C1CCCC1=N2. The van der Waals surface area contributed by atoms with Gasteiger partial charge in [-0.3, -0.25) is 9.89 Å². The first-order valence-corrected chi connectivity index (χ1v) is 7.72. The number of fused-ring (bicyclic) bond motifs is 4. The predicted molar refractivity (Wildman–Crippen MR) is 72.4 cm³/mol.